The zero-order valence-electron chi connectivity index (χ0n) is 18.5. The number of hydrogen-bond donors (Lipinski definition) is 1. The van der Waals surface area contributed by atoms with Crippen molar-refractivity contribution in [3.8, 4) is 11.8 Å². The summed E-state index contributed by atoms with van der Waals surface area (Å²) >= 11 is 0. The maximum absolute atomic E-state index is 13.2. The minimum Gasteiger partial charge on any atom is -0.382 e. The van der Waals surface area contributed by atoms with Crippen molar-refractivity contribution in [2.45, 2.75) is 51.3 Å². The molecule has 0 heterocycles. The van der Waals surface area contributed by atoms with Gasteiger partial charge in [0.2, 0.25) is 0 Å². The van der Waals surface area contributed by atoms with Gasteiger partial charge in [-0.25, -0.2) is 8.42 Å². The van der Waals surface area contributed by atoms with E-state index in [1.807, 2.05) is 13.8 Å². The van der Waals surface area contributed by atoms with E-state index < -0.39 is 27.7 Å². The van der Waals surface area contributed by atoms with Crippen LogP contribution in [0.25, 0.3) is 0 Å². The molecule has 0 aliphatic heterocycles. The first-order valence-corrected chi connectivity index (χ1v) is 11.6. The molecule has 2 aromatic carbocycles. The van der Waals surface area contributed by atoms with Crippen LogP contribution in [0.4, 0.5) is 18.9 Å². The predicted octanol–water partition coefficient (Wildman–Crippen LogP) is 5.03. The Morgan fingerprint density at radius 3 is 2.06 bits per heavy atom. The largest absolute Gasteiger partial charge is 0.415 e. The summed E-state index contributed by atoms with van der Waals surface area (Å²) in [6.07, 6.45) is -7.12. The Morgan fingerprint density at radius 2 is 1.56 bits per heavy atom. The molecule has 0 amide bonds. The minimum atomic E-state index is -4.75. The SMILES string of the molecule is CC(C)CN(c1ccc(CC#CC(C)(C)C(O)C(F)(F)F)cc1)S(=O)(=O)c1ccccc1. The van der Waals surface area contributed by atoms with E-state index in [2.05, 4.69) is 11.8 Å². The number of alkyl halides is 3. The van der Waals surface area contributed by atoms with Crippen molar-refractivity contribution in [2.24, 2.45) is 11.3 Å². The summed E-state index contributed by atoms with van der Waals surface area (Å²) in [5, 5.41) is 9.46. The van der Waals surface area contributed by atoms with Gasteiger partial charge in [0, 0.05) is 13.0 Å². The Labute approximate surface area is 188 Å². The average molecular weight is 468 g/mol. The van der Waals surface area contributed by atoms with Crippen LogP contribution in [0, 0.1) is 23.2 Å². The van der Waals surface area contributed by atoms with E-state index in [0.717, 1.165) is 5.56 Å². The summed E-state index contributed by atoms with van der Waals surface area (Å²) < 4.78 is 65.9. The molecule has 0 aliphatic rings. The Bertz CT molecular complexity index is 1050. The third-order valence-electron chi connectivity index (χ3n) is 4.78. The lowest BCUT2D eigenvalue weighted by Gasteiger charge is -2.27. The van der Waals surface area contributed by atoms with E-state index in [9.17, 15) is 26.7 Å². The Balaban J connectivity index is 2.24. The molecular formula is C24H28F3NO3S. The van der Waals surface area contributed by atoms with Gasteiger partial charge in [0.25, 0.3) is 10.0 Å². The smallest absolute Gasteiger partial charge is 0.382 e. The van der Waals surface area contributed by atoms with Crippen LogP contribution < -0.4 is 4.31 Å². The quantitative estimate of drug-likeness (QED) is 0.581. The van der Waals surface area contributed by atoms with E-state index in [0.29, 0.717) is 12.2 Å². The van der Waals surface area contributed by atoms with Crippen molar-refractivity contribution < 1.29 is 26.7 Å². The number of hydrogen-bond acceptors (Lipinski definition) is 3. The fraction of sp³-hybridized carbons (Fsp3) is 0.417. The molecule has 2 aromatic rings. The van der Waals surface area contributed by atoms with Crippen LogP contribution in [0.2, 0.25) is 0 Å². The summed E-state index contributed by atoms with van der Waals surface area (Å²) in [4.78, 5) is 0.195. The van der Waals surface area contributed by atoms with Crippen molar-refractivity contribution >= 4 is 15.7 Å². The van der Waals surface area contributed by atoms with Crippen LogP contribution in [0.3, 0.4) is 0 Å². The molecule has 0 saturated heterocycles. The van der Waals surface area contributed by atoms with Gasteiger partial charge >= 0.3 is 6.18 Å². The van der Waals surface area contributed by atoms with E-state index in [-0.39, 0.29) is 17.2 Å². The number of anilines is 1. The van der Waals surface area contributed by atoms with Crippen LogP contribution in [0.5, 0.6) is 0 Å². The standard InChI is InChI=1S/C24H28F3NO3S/c1-18(2)17-28(32(30,31)21-10-6-5-7-11-21)20-14-12-19(13-15-20)9-8-16-23(3,4)22(29)24(25,26)27/h5-7,10-15,18,22,29H,9,17H2,1-4H3. The molecule has 0 aliphatic carbocycles. The van der Waals surface area contributed by atoms with Crippen molar-refractivity contribution in [1.29, 1.82) is 0 Å². The van der Waals surface area contributed by atoms with Crippen LogP contribution in [0.15, 0.2) is 59.5 Å². The molecule has 32 heavy (non-hydrogen) atoms. The maximum Gasteiger partial charge on any atom is 0.415 e. The first kappa shape index (κ1) is 25.8. The maximum atomic E-state index is 13.2. The highest BCUT2D eigenvalue weighted by Gasteiger charge is 2.47. The molecule has 0 spiro atoms. The Kier molecular flexibility index (Phi) is 8.02. The molecule has 174 valence electrons. The topological polar surface area (TPSA) is 57.6 Å². The van der Waals surface area contributed by atoms with E-state index in [1.165, 1.54) is 18.2 Å². The average Bonchev–Trinajstić information content (AvgIpc) is 2.72. The molecule has 0 bridgehead atoms. The summed E-state index contributed by atoms with van der Waals surface area (Å²) in [5.41, 5.74) is -0.428. The number of nitrogens with zero attached hydrogens (tertiary/aromatic N) is 1. The highest BCUT2D eigenvalue weighted by atomic mass is 32.2. The molecule has 1 atom stereocenters. The van der Waals surface area contributed by atoms with Crippen molar-refractivity contribution in [2.75, 3.05) is 10.8 Å². The molecule has 8 heteroatoms. The zero-order valence-corrected chi connectivity index (χ0v) is 19.3. The van der Waals surface area contributed by atoms with Gasteiger partial charge in [-0.3, -0.25) is 4.31 Å². The minimum absolute atomic E-state index is 0.0846. The van der Waals surface area contributed by atoms with Crippen molar-refractivity contribution in [3.05, 3.63) is 60.2 Å². The normalized spacial score (nSPS) is 13.4. The van der Waals surface area contributed by atoms with Gasteiger partial charge in [0.1, 0.15) is 0 Å². The first-order chi connectivity index (χ1) is 14.7. The number of rotatable bonds is 7. The predicted molar refractivity (Wildman–Crippen MR) is 120 cm³/mol. The molecule has 0 fully saturated rings. The van der Waals surface area contributed by atoms with E-state index in [4.69, 9.17) is 0 Å². The monoisotopic (exact) mass is 467 g/mol. The number of sulfonamides is 1. The fourth-order valence-corrected chi connectivity index (χ4v) is 4.67. The molecule has 0 saturated carbocycles. The molecule has 0 radical (unpaired) electrons. The zero-order chi connectivity index (χ0) is 24.2. The third kappa shape index (κ3) is 6.50. The van der Waals surface area contributed by atoms with Gasteiger partial charge in [-0.05, 0) is 49.6 Å². The second-order valence-corrected chi connectivity index (χ2v) is 10.4. The number of halogens is 3. The molecule has 2 rings (SSSR count). The van der Waals surface area contributed by atoms with Crippen LogP contribution in [-0.4, -0.2) is 32.3 Å². The molecule has 4 nitrogen and oxygen atoms in total. The van der Waals surface area contributed by atoms with Crippen LogP contribution in [0.1, 0.15) is 33.3 Å². The Morgan fingerprint density at radius 1 is 1.00 bits per heavy atom. The fourth-order valence-electron chi connectivity index (χ4n) is 3.03. The number of benzene rings is 2. The summed E-state index contributed by atoms with van der Waals surface area (Å²) in [6.45, 7) is 6.61. The Hall–Kier alpha value is -2.50. The lowest BCUT2D eigenvalue weighted by molar-refractivity contribution is -0.225. The molecule has 1 N–H and O–H groups in total. The first-order valence-electron chi connectivity index (χ1n) is 10.2. The van der Waals surface area contributed by atoms with Gasteiger partial charge < -0.3 is 5.11 Å². The second kappa shape index (κ2) is 9.97. The summed E-state index contributed by atoms with van der Waals surface area (Å²) in [5.74, 6) is 5.27. The number of aliphatic hydroxyl groups excluding tert-OH is 1. The lowest BCUT2D eigenvalue weighted by Crippen LogP contribution is -2.41. The molecular weight excluding hydrogens is 439 g/mol. The highest BCUT2D eigenvalue weighted by molar-refractivity contribution is 7.92. The second-order valence-electron chi connectivity index (χ2n) is 8.55. The van der Waals surface area contributed by atoms with Crippen LogP contribution in [-0.2, 0) is 16.4 Å². The van der Waals surface area contributed by atoms with Crippen LogP contribution >= 0.6 is 0 Å². The number of aliphatic hydroxyl groups is 1. The third-order valence-corrected chi connectivity index (χ3v) is 6.59. The summed E-state index contributed by atoms with van der Waals surface area (Å²) in [6, 6.07) is 14.9. The van der Waals surface area contributed by atoms with Gasteiger partial charge in [0.05, 0.1) is 16.0 Å². The van der Waals surface area contributed by atoms with E-state index in [1.54, 1.807) is 54.6 Å². The van der Waals surface area contributed by atoms with Crippen molar-refractivity contribution in [3.63, 3.8) is 0 Å². The molecule has 0 aromatic heterocycles. The van der Waals surface area contributed by atoms with Gasteiger partial charge in [-0.1, -0.05) is 56.0 Å². The van der Waals surface area contributed by atoms with Gasteiger partial charge in [0.15, 0.2) is 6.10 Å². The van der Waals surface area contributed by atoms with Crippen molar-refractivity contribution in [1.82, 2.24) is 0 Å². The lowest BCUT2D eigenvalue weighted by atomic mass is 9.86. The van der Waals surface area contributed by atoms with Gasteiger partial charge in [-0.2, -0.15) is 13.2 Å². The molecule has 1 unspecified atom stereocenters. The summed E-state index contributed by atoms with van der Waals surface area (Å²) in [7, 11) is -3.75. The van der Waals surface area contributed by atoms with Gasteiger partial charge in [-0.15, -0.1) is 0 Å². The van der Waals surface area contributed by atoms with E-state index >= 15 is 0 Å². The highest BCUT2D eigenvalue weighted by Crippen LogP contribution is 2.33.